The summed E-state index contributed by atoms with van der Waals surface area (Å²) in [5.74, 6) is -1.13. The molecule has 2 heterocycles. The highest BCUT2D eigenvalue weighted by Crippen LogP contribution is 2.29. The fourth-order valence-electron chi connectivity index (χ4n) is 2.34. The van der Waals surface area contributed by atoms with Crippen LogP contribution in [0.1, 0.15) is 30.4 Å². The molecular weight excluding hydrogens is 310 g/mol. The number of hydrogen-bond donors (Lipinski definition) is 5. The van der Waals surface area contributed by atoms with Crippen molar-refractivity contribution in [3.8, 4) is 0 Å². The van der Waals surface area contributed by atoms with Gasteiger partial charge in [0, 0.05) is 12.1 Å². The number of aromatic nitrogens is 2. The number of carbonyl (C=O) groups is 1. The van der Waals surface area contributed by atoms with Crippen molar-refractivity contribution in [2.75, 3.05) is 12.1 Å². The zero-order valence-corrected chi connectivity index (χ0v) is 12.6. The highest BCUT2D eigenvalue weighted by molar-refractivity contribution is 6.01. The van der Waals surface area contributed by atoms with Gasteiger partial charge in [0.1, 0.15) is 18.3 Å². The molecule has 1 aliphatic heterocycles. The molecule has 1 aliphatic rings. The van der Waals surface area contributed by atoms with Crippen LogP contribution in [-0.4, -0.2) is 60.8 Å². The van der Waals surface area contributed by atoms with Crippen molar-refractivity contribution in [3.63, 3.8) is 0 Å². The van der Waals surface area contributed by atoms with Crippen LogP contribution in [0.25, 0.3) is 0 Å². The predicted molar refractivity (Wildman–Crippen MR) is 76.1 cm³/mol. The first-order valence-corrected chi connectivity index (χ1v) is 7.01. The average molecular weight is 329 g/mol. The zero-order chi connectivity index (χ0) is 17.3. The SMILES string of the molecule is CC(C)C(=O)c1cn([C@@H]2O[C@H](CO)[C@@H](O)[C@H]2O)c(=O)nc1NO. The van der Waals surface area contributed by atoms with Gasteiger partial charge in [-0.1, -0.05) is 13.8 Å². The van der Waals surface area contributed by atoms with Gasteiger partial charge in [0.2, 0.25) is 0 Å². The minimum atomic E-state index is -1.48. The van der Waals surface area contributed by atoms with Crippen LogP contribution in [0, 0.1) is 5.92 Å². The van der Waals surface area contributed by atoms with Crippen molar-refractivity contribution in [1.82, 2.24) is 9.55 Å². The summed E-state index contributed by atoms with van der Waals surface area (Å²) in [4.78, 5) is 27.7. The van der Waals surface area contributed by atoms with Gasteiger partial charge in [0.15, 0.2) is 17.8 Å². The number of nitrogens with one attached hydrogen (secondary N) is 1. The summed E-state index contributed by atoms with van der Waals surface area (Å²) in [5.41, 5.74) is 0.717. The summed E-state index contributed by atoms with van der Waals surface area (Å²) in [6, 6.07) is 0. The van der Waals surface area contributed by atoms with E-state index in [1.807, 2.05) is 0 Å². The normalized spacial score (nSPS) is 27.4. The number of aliphatic hydroxyl groups is 3. The first kappa shape index (κ1) is 17.5. The molecule has 23 heavy (non-hydrogen) atoms. The Labute approximate surface area is 130 Å². The predicted octanol–water partition coefficient (Wildman–Crippen LogP) is -1.51. The quantitative estimate of drug-likeness (QED) is 0.320. The van der Waals surface area contributed by atoms with Crippen molar-refractivity contribution in [2.45, 2.75) is 38.4 Å². The Bertz CT molecular complexity index is 645. The molecule has 10 heteroatoms. The van der Waals surface area contributed by atoms with Crippen LogP contribution in [0.2, 0.25) is 0 Å². The minimum absolute atomic E-state index is 0.0696. The molecule has 0 saturated carbocycles. The van der Waals surface area contributed by atoms with Gasteiger partial charge < -0.3 is 20.1 Å². The van der Waals surface area contributed by atoms with Gasteiger partial charge >= 0.3 is 5.69 Å². The number of Topliss-reactive ketones (excluding diaryl/α,β-unsaturated/α-hetero) is 1. The molecule has 128 valence electrons. The van der Waals surface area contributed by atoms with E-state index in [1.54, 1.807) is 19.3 Å². The molecule has 1 aromatic rings. The lowest BCUT2D eigenvalue weighted by molar-refractivity contribution is -0.0550. The van der Waals surface area contributed by atoms with E-state index in [0.717, 1.165) is 10.8 Å². The third-order valence-corrected chi connectivity index (χ3v) is 3.64. The standard InChI is InChI=1S/C13H19N3O7/c1-5(2)8(18)6-3-16(13(21)14-11(6)15-22)12-10(20)9(19)7(4-17)23-12/h3,5,7,9-10,12,17,19-20,22H,4H2,1-2H3,(H,14,15,21)/t7-,9-,10-,12-/m1/s1. The summed E-state index contributed by atoms with van der Waals surface area (Å²) in [7, 11) is 0. The molecule has 1 aromatic heterocycles. The Balaban J connectivity index is 2.50. The fraction of sp³-hybridized carbons (Fsp3) is 0.615. The Morgan fingerprint density at radius 3 is 2.57 bits per heavy atom. The van der Waals surface area contributed by atoms with Crippen LogP contribution >= 0.6 is 0 Å². The van der Waals surface area contributed by atoms with Crippen LogP contribution in [0.15, 0.2) is 11.0 Å². The molecule has 10 nitrogen and oxygen atoms in total. The van der Waals surface area contributed by atoms with Crippen LogP contribution in [0.3, 0.4) is 0 Å². The molecular formula is C13H19N3O7. The van der Waals surface area contributed by atoms with E-state index in [0.29, 0.717) is 0 Å². The number of carbonyl (C=O) groups excluding carboxylic acids is 1. The molecule has 0 spiro atoms. The zero-order valence-electron chi connectivity index (χ0n) is 12.6. The summed E-state index contributed by atoms with van der Waals surface area (Å²) in [6.07, 6.45) is -4.16. The number of hydrogen-bond acceptors (Lipinski definition) is 9. The van der Waals surface area contributed by atoms with Crippen LogP contribution in [0.4, 0.5) is 5.82 Å². The number of anilines is 1. The van der Waals surface area contributed by atoms with Crippen molar-refractivity contribution < 1.29 is 30.1 Å². The Morgan fingerprint density at radius 2 is 2.09 bits per heavy atom. The number of rotatable bonds is 5. The molecule has 1 saturated heterocycles. The van der Waals surface area contributed by atoms with Crippen molar-refractivity contribution >= 4 is 11.6 Å². The van der Waals surface area contributed by atoms with E-state index in [9.17, 15) is 19.8 Å². The minimum Gasteiger partial charge on any atom is -0.394 e. The Kier molecular flexibility index (Phi) is 5.12. The van der Waals surface area contributed by atoms with E-state index in [4.69, 9.17) is 15.1 Å². The summed E-state index contributed by atoms with van der Waals surface area (Å²) < 4.78 is 6.10. The average Bonchev–Trinajstić information content (AvgIpc) is 2.81. The summed E-state index contributed by atoms with van der Waals surface area (Å²) in [5, 5.41) is 37.9. The van der Waals surface area contributed by atoms with Crippen molar-refractivity contribution in [2.24, 2.45) is 5.92 Å². The molecule has 2 rings (SSSR count). The molecule has 4 atom stereocenters. The molecule has 5 N–H and O–H groups in total. The molecule has 0 bridgehead atoms. The molecule has 0 radical (unpaired) electrons. The van der Waals surface area contributed by atoms with Gasteiger partial charge in [-0.25, -0.2) is 4.79 Å². The number of nitrogens with zero attached hydrogens (tertiary/aromatic N) is 2. The van der Waals surface area contributed by atoms with Crippen LogP contribution in [-0.2, 0) is 4.74 Å². The van der Waals surface area contributed by atoms with E-state index in [1.165, 1.54) is 0 Å². The highest BCUT2D eigenvalue weighted by Gasteiger charge is 2.44. The van der Waals surface area contributed by atoms with E-state index < -0.39 is 48.5 Å². The largest absolute Gasteiger partial charge is 0.394 e. The third kappa shape index (κ3) is 3.12. The van der Waals surface area contributed by atoms with Crippen molar-refractivity contribution in [1.29, 1.82) is 0 Å². The summed E-state index contributed by atoms with van der Waals surface area (Å²) in [6.45, 7) is 2.71. The number of aliphatic hydroxyl groups excluding tert-OH is 3. The Morgan fingerprint density at radius 1 is 1.43 bits per heavy atom. The third-order valence-electron chi connectivity index (χ3n) is 3.64. The first-order chi connectivity index (χ1) is 10.8. The maximum Gasteiger partial charge on any atom is 0.351 e. The first-order valence-electron chi connectivity index (χ1n) is 7.01. The van der Waals surface area contributed by atoms with Crippen LogP contribution in [0.5, 0.6) is 0 Å². The summed E-state index contributed by atoms with van der Waals surface area (Å²) >= 11 is 0. The maximum atomic E-state index is 12.2. The molecule has 0 aromatic carbocycles. The fourth-order valence-corrected chi connectivity index (χ4v) is 2.34. The highest BCUT2D eigenvalue weighted by atomic mass is 16.6. The second-order valence-electron chi connectivity index (χ2n) is 5.55. The van der Waals surface area contributed by atoms with E-state index in [-0.39, 0.29) is 11.4 Å². The van der Waals surface area contributed by atoms with Gasteiger partial charge in [-0.2, -0.15) is 4.98 Å². The molecule has 1 fully saturated rings. The van der Waals surface area contributed by atoms with E-state index >= 15 is 0 Å². The maximum absolute atomic E-state index is 12.2. The lowest BCUT2D eigenvalue weighted by Crippen LogP contribution is -2.36. The van der Waals surface area contributed by atoms with Crippen LogP contribution < -0.4 is 11.2 Å². The number of ketones is 1. The second-order valence-corrected chi connectivity index (χ2v) is 5.55. The van der Waals surface area contributed by atoms with Gasteiger partial charge in [0.25, 0.3) is 0 Å². The Hall–Kier alpha value is -1.85. The lowest BCUT2D eigenvalue weighted by Gasteiger charge is -2.19. The van der Waals surface area contributed by atoms with Gasteiger partial charge in [-0.3, -0.25) is 20.0 Å². The van der Waals surface area contributed by atoms with Gasteiger partial charge in [-0.05, 0) is 0 Å². The molecule has 0 amide bonds. The number of ether oxygens (including phenoxy) is 1. The van der Waals surface area contributed by atoms with Crippen molar-refractivity contribution in [3.05, 3.63) is 22.2 Å². The topological polar surface area (TPSA) is 154 Å². The van der Waals surface area contributed by atoms with Gasteiger partial charge in [-0.15, -0.1) is 0 Å². The lowest BCUT2D eigenvalue weighted by atomic mass is 10.0. The molecule has 0 aliphatic carbocycles. The monoisotopic (exact) mass is 329 g/mol. The smallest absolute Gasteiger partial charge is 0.351 e. The van der Waals surface area contributed by atoms with Gasteiger partial charge in [0.05, 0.1) is 12.2 Å². The molecule has 0 unspecified atom stereocenters. The van der Waals surface area contributed by atoms with E-state index in [2.05, 4.69) is 4.98 Å². The second kappa shape index (κ2) is 6.72.